The van der Waals surface area contributed by atoms with E-state index in [1.54, 1.807) is 18.4 Å². The summed E-state index contributed by atoms with van der Waals surface area (Å²) in [6.45, 7) is 2.92. The maximum absolute atomic E-state index is 13.2. The zero-order valence-corrected chi connectivity index (χ0v) is 19.3. The number of ether oxygens (including phenoxy) is 1. The summed E-state index contributed by atoms with van der Waals surface area (Å²) < 4.78 is 5.33. The summed E-state index contributed by atoms with van der Waals surface area (Å²) in [4.78, 5) is 17.6. The SMILES string of the molecule is COCC1(O)CCC2C(CCC3C2CCC2(C)C(C(=O)Cc4nccs4)CCC32)C1. The Balaban J connectivity index is 1.29. The zero-order valence-electron chi connectivity index (χ0n) is 18.5. The minimum atomic E-state index is -0.605. The molecule has 1 heterocycles. The number of hydrogen-bond donors (Lipinski definition) is 1. The number of aromatic nitrogens is 1. The van der Waals surface area contributed by atoms with Crippen LogP contribution in [-0.4, -0.2) is 35.2 Å². The lowest BCUT2D eigenvalue weighted by Crippen LogP contribution is -2.52. The fourth-order valence-corrected chi connectivity index (χ4v) is 9.13. The number of thiazole rings is 1. The van der Waals surface area contributed by atoms with Crippen molar-refractivity contribution in [2.45, 2.75) is 76.7 Å². The van der Waals surface area contributed by atoms with E-state index >= 15 is 0 Å². The molecule has 0 aromatic carbocycles. The smallest absolute Gasteiger partial charge is 0.143 e. The summed E-state index contributed by atoms with van der Waals surface area (Å²) in [6.07, 6.45) is 12.7. The van der Waals surface area contributed by atoms with E-state index in [9.17, 15) is 9.90 Å². The van der Waals surface area contributed by atoms with Gasteiger partial charge in [-0.1, -0.05) is 6.92 Å². The second kappa shape index (κ2) is 7.97. The Hall–Kier alpha value is -0.780. The molecule has 0 aliphatic heterocycles. The first-order valence-corrected chi connectivity index (χ1v) is 12.9. The van der Waals surface area contributed by atoms with E-state index in [1.807, 2.05) is 11.6 Å². The van der Waals surface area contributed by atoms with Crippen molar-refractivity contribution in [1.82, 2.24) is 4.98 Å². The third kappa shape index (κ3) is 3.49. The van der Waals surface area contributed by atoms with Gasteiger partial charge in [-0.15, -0.1) is 11.3 Å². The molecule has 1 aromatic heterocycles. The molecule has 4 saturated carbocycles. The molecule has 8 unspecified atom stereocenters. The minimum Gasteiger partial charge on any atom is -0.387 e. The number of Topliss-reactive ketones (excluding diaryl/α,β-unsaturated/α-hetero) is 1. The minimum absolute atomic E-state index is 0.188. The van der Waals surface area contributed by atoms with Crippen molar-refractivity contribution in [3.8, 4) is 0 Å². The van der Waals surface area contributed by atoms with Gasteiger partial charge in [-0.05, 0) is 92.8 Å². The summed E-state index contributed by atoms with van der Waals surface area (Å²) in [6, 6.07) is 0. The van der Waals surface area contributed by atoms with Crippen LogP contribution in [-0.2, 0) is 16.0 Å². The molecule has 5 rings (SSSR count). The van der Waals surface area contributed by atoms with Crippen molar-refractivity contribution in [2.24, 2.45) is 40.9 Å². The molecule has 8 atom stereocenters. The van der Waals surface area contributed by atoms with Gasteiger partial charge < -0.3 is 9.84 Å². The highest BCUT2D eigenvalue weighted by Gasteiger charge is 2.58. The number of methoxy groups -OCH3 is 1. The Morgan fingerprint density at radius 2 is 2.00 bits per heavy atom. The third-order valence-electron chi connectivity index (χ3n) is 9.71. The van der Waals surface area contributed by atoms with Gasteiger partial charge in [0.2, 0.25) is 0 Å². The van der Waals surface area contributed by atoms with Gasteiger partial charge in [0.15, 0.2) is 0 Å². The third-order valence-corrected chi connectivity index (χ3v) is 10.5. The Morgan fingerprint density at radius 3 is 2.77 bits per heavy atom. The molecule has 1 aromatic rings. The summed E-state index contributed by atoms with van der Waals surface area (Å²) in [7, 11) is 1.70. The molecule has 0 spiro atoms. The first-order valence-electron chi connectivity index (χ1n) is 12.1. The van der Waals surface area contributed by atoms with Crippen LogP contribution in [0.15, 0.2) is 11.6 Å². The first-order chi connectivity index (χ1) is 14.4. The fraction of sp³-hybridized carbons (Fsp3) is 0.840. The van der Waals surface area contributed by atoms with Gasteiger partial charge in [-0.2, -0.15) is 0 Å². The summed E-state index contributed by atoms with van der Waals surface area (Å²) in [5.74, 6) is 4.40. The van der Waals surface area contributed by atoms with Gasteiger partial charge in [0.25, 0.3) is 0 Å². The molecule has 4 aliphatic rings. The van der Waals surface area contributed by atoms with E-state index in [2.05, 4.69) is 11.9 Å². The number of rotatable bonds is 5. The van der Waals surface area contributed by atoms with Crippen LogP contribution >= 0.6 is 11.3 Å². The van der Waals surface area contributed by atoms with Crippen LogP contribution in [0.4, 0.5) is 0 Å². The zero-order chi connectivity index (χ0) is 20.9. The van der Waals surface area contributed by atoms with Gasteiger partial charge in [-0.25, -0.2) is 4.98 Å². The highest BCUT2D eigenvalue weighted by molar-refractivity contribution is 7.09. The number of carbonyl (C=O) groups is 1. The van der Waals surface area contributed by atoms with Gasteiger partial charge in [0.05, 0.1) is 23.6 Å². The van der Waals surface area contributed by atoms with Crippen LogP contribution in [0, 0.1) is 40.9 Å². The monoisotopic (exact) mass is 431 g/mol. The molecule has 1 N–H and O–H groups in total. The van der Waals surface area contributed by atoms with E-state index in [0.29, 0.717) is 30.6 Å². The summed E-state index contributed by atoms with van der Waals surface area (Å²) in [5.41, 5.74) is -0.416. The van der Waals surface area contributed by atoms with E-state index in [-0.39, 0.29) is 11.3 Å². The van der Waals surface area contributed by atoms with E-state index < -0.39 is 5.60 Å². The molecule has 4 fully saturated rings. The van der Waals surface area contributed by atoms with E-state index in [4.69, 9.17) is 4.74 Å². The molecular weight excluding hydrogens is 394 g/mol. The molecule has 0 radical (unpaired) electrons. The Bertz CT molecular complexity index is 766. The Morgan fingerprint density at radius 1 is 1.17 bits per heavy atom. The molecule has 4 nitrogen and oxygen atoms in total. The number of fused-ring (bicyclic) bond motifs is 5. The maximum atomic E-state index is 13.2. The topological polar surface area (TPSA) is 59.4 Å². The van der Waals surface area contributed by atoms with Gasteiger partial charge in [0, 0.05) is 24.6 Å². The molecule has 166 valence electrons. The van der Waals surface area contributed by atoms with Crippen molar-refractivity contribution < 1.29 is 14.6 Å². The van der Waals surface area contributed by atoms with Crippen LogP contribution in [0.3, 0.4) is 0 Å². The highest BCUT2D eigenvalue weighted by atomic mass is 32.1. The number of nitrogens with zero attached hydrogens (tertiary/aromatic N) is 1. The van der Waals surface area contributed by atoms with Crippen molar-refractivity contribution >= 4 is 17.1 Å². The number of aliphatic hydroxyl groups is 1. The predicted octanol–water partition coefficient (Wildman–Crippen LogP) is 4.90. The largest absolute Gasteiger partial charge is 0.387 e. The summed E-state index contributed by atoms with van der Waals surface area (Å²) in [5, 5.41) is 13.9. The van der Waals surface area contributed by atoms with Crippen molar-refractivity contribution in [1.29, 1.82) is 0 Å². The normalized spacial score (nSPS) is 45.4. The predicted molar refractivity (Wildman–Crippen MR) is 118 cm³/mol. The second-order valence-corrected chi connectivity index (χ2v) is 12.1. The van der Waals surface area contributed by atoms with Crippen LogP contribution in [0.1, 0.15) is 69.7 Å². The molecule has 0 amide bonds. The first kappa shape index (κ1) is 21.1. The Labute approximate surface area is 184 Å². The number of ketones is 1. The lowest BCUT2D eigenvalue weighted by atomic mass is 9.49. The molecule has 5 heteroatoms. The molecule has 30 heavy (non-hydrogen) atoms. The molecule has 4 aliphatic carbocycles. The lowest BCUT2D eigenvalue weighted by molar-refractivity contribution is -0.135. The average molecular weight is 432 g/mol. The molecule has 0 saturated heterocycles. The molecular formula is C25H37NO3S. The average Bonchev–Trinajstić information content (AvgIpc) is 3.34. The summed E-state index contributed by atoms with van der Waals surface area (Å²) >= 11 is 1.61. The molecule has 0 bridgehead atoms. The fourth-order valence-electron chi connectivity index (χ4n) is 8.50. The number of hydrogen-bond acceptors (Lipinski definition) is 5. The van der Waals surface area contributed by atoms with E-state index in [1.165, 1.54) is 32.1 Å². The van der Waals surface area contributed by atoms with Crippen molar-refractivity contribution in [3.05, 3.63) is 16.6 Å². The van der Waals surface area contributed by atoms with E-state index in [0.717, 1.165) is 48.4 Å². The highest BCUT2D eigenvalue weighted by Crippen LogP contribution is 2.64. The van der Waals surface area contributed by atoms with Crippen molar-refractivity contribution in [2.75, 3.05) is 13.7 Å². The van der Waals surface area contributed by atoms with Crippen LogP contribution in [0.5, 0.6) is 0 Å². The van der Waals surface area contributed by atoms with Crippen LogP contribution in [0.25, 0.3) is 0 Å². The standard InChI is InChI=1S/C25H37NO3S/c1-24-9-7-18-17-8-10-25(28,15-29-2)14-16(17)3-4-19(18)20(24)5-6-21(24)22(27)13-23-26-11-12-30-23/h11-12,16-21,28H,3-10,13-15H2,1-2H3. The maximum Gasteiger partial charge on any atom is 0.143 e. The van der Waals surface area contributed by atoms with Crippen LogP contribution < -0.4 is 0 Å². The lowest BCUT2D eigenvalue weighted by Gasteiger charge is -2.57. The quantitative estimate of drug-likeness (QED) is 0.720. The van der Waals surface area contributed by atoms with Crippen molar-refractivity contribution in [3.63, 3.8) is 0 Å². The number of carbonyl (C=O) groups excluding carboxylic acids is 1. The second-order valence-electron chi connectivity index (χ2n) is 11.1. The van der Waals surface area contributed by atoms with Gasteiger partial charge in [-0.3, -0.25) is 4.79 Å². The van der Waals surface area contributed by atoms with Crippen LogP contribution in [0.2, 0.25) is 0 Å². The Kier molecular flexibility index (Phi) is 5.60. The van der Waals surface area contributed by atoms with Gasteiger partial charge in [0.1, 0.15) is 5.78 Å². The van der Waals surface area contributed by atoms with Gasteiger partial charge >= 0.3 is 0 Å².